The normalized spacial score (nSPS) is 26.6. The van der Waals surface area contributed by atoms with Gasteiger partial charge in [-0.1, -0.05) is 49.4 Å². The lowest BCUT2D eigenvalue weighted by atomic mass is 9.67. The van der Waals surface area contributed by atoms with Crippen LogP contribution in [0.3, 0.4) is 0 Å². The molecule has 1 aliphatic heterocycles. The highest BCUT2D eigenvalue weighted by Gasteiger charge is 2.37. The summed E-state index contributed by atoms with van der Waals surface area (Å²) in [6.07, 6.45) is 3.47. The fourth-order valence-electron chi connectivity index (χ4n) is 4.38. The van der Waals surface area contributed by atoms with Gasteiger partial charge in [0.2, 0.25) is 0 Å². The number of amides is 1. The van der Waals surface area contributed by atoms with Gasteiger partial charge in [0.1, 0.15) is 0 Å². The summed E-state index contributed by atoms with van der Waals surface area (Å²) >= 11 is 0. The average molecular weight is 379 g/mol. The van der Waals surface area contributed by atoms with Gasteiger partial charge in [0.15, 0.2) is 0 Å². The molecule has 1 saturated heterocycles. The largest absolute Gasteiger partial charge is 0.376 e. The second-order valence-electron chi connectivity index (χ2n) is 8.14. The Morgan fingerprint density at radius 3 is 2.75 bits per heavy atom. The lowest BCUT2D eigenvalue weighted by molar-refractivity contribution is 0.0857. The van der Waals surface area contributed by atoms with Crippen LogP contribution >= 0.6 is 0 Å². The Morgan fingerprint density at radius 2 is 2.00 bits per heavy atom. The van der Waals surface area contributed by atoms with E-state index >= 15 is 0 Å². The number of nitrogens with one attached hydrogen (secondary N) is 2. The molecule has 2 fully saturated rings. The van der Waals surface area contributed by atoms with Crippen LogP contribution in [0.25, 0.3) is 0 Å². The SMILES string of the molecule is C[C@@H]1[C@H](NCc2cccc(C(=O)NC[C@H]3CCCO3)c2)C[C@H]1c1ccccc1. The number of benzene rings is 2. The van der Waals surface area contributed by atoms with E-state index in [0.29, 0.717) is 24.4 Å². The zero-order valence-electron chi connectivity index (χ0n) is 16.6. The van der Waals surface area contributed by atoms with Gasteiger partial charge in [-0.2, -0.15) is 0 Å². The zero-order chi connectivity index (χ0) is 19.3. The summed E-state index contributed by atoms with van der Waals surface area (Å²) < 4.78 is 5.57. The minimum Gasteiger partial charge on any atom is -0.376 e. The fourth-order valence-corrected chi connectivity index (χ4v) is 4.38. The number of hydrogen-bond donors (Lipinski definition) is 2. The lowest BCUT2D eigenvalue weighted by Gasteiger charge is -2.44. The van der Waals surface area contributed by atoms with Crippen molar-refractivity contribution in [1.29, 1.82) is 0 Å². The monoisotopic (exact) mass is 378 g/mol. The van der Waals surface area contributed by atoms with Crippen molar-refractivity contribution in [2.75, 3.05) is 13.2 Å². The molecule has 2 aliphatic rings. The Hall–Kier alpha value is -2.17. The van der Waals surface area contributed by atoms with Crippen molar-refractivity contribution >= 4 is 5.91 Å². The maximum atomic E-state index is 12.4. The fraction of sp³-hybridized carbons (Fsp3) is 0.458. The van der Waals surface area contributed by atoms with Crippen LogP contribution in [0.1, 0.15) is 53.6 Å². The second kappa shape index (κ2) is 8.89. The third kappa shape index (κ3) is 4.45. The first-order valence-corrected chi connectivity index (χ1v) is 10.5. The summed E-state index contributed by atoms with van der Waals surface area (Å²) in [5.74, 6) is 1.26. The van der Waals surface area contributed by atoms with E-state index in [1.54, 1.807) is 0 Å². The van der Waals surface area contributed by atoms with Crippen molar-refractivity contribution in [1.82, 2.24) is 10.6 Å². The first kappa shape index (κ1) is 19.2. The van der Waals surface area contributed by atoms with Crippen LogP contribution in [0.5, 0.6) is 0 Å². The molecule has 4 heteroatoms. The first-order chi connectivity index (χ1) is 13.7. The molecule has 1 saturated carbocycles. The van der Waals surface area contributed by atoms with E-state index in [1.807, 2.05) is 18.2 Å². The molecule has 4 atom stereocenters. The molecular weight excluding hydrogens is 348 g/mol. The van der Waals surface area contributed by atoms with Crippen LogP contribution in [0.15, 0.2) is 54.6 Å². The molecule has 2 aromatic carbocycles. The summed E-state index contributed by atoms with van der Waals surface area (Å²) in [6.45, 7) is 4.53. The minimum atomic E-state index is -0.0153. The molecular formula is C24H30N2O2. The minimum absolute atomic E-state index is 0.0153. The van der Waals surface area contributed by atoms with Gasteiger partial charge in [0.25, 0.3) is 5.91 Å². The van der Waals surface area contributed by atoms with Gasteiger partial charge >= 0.3 is 0 Å². The van der Waals surface area contributed by atoms with E-state index in [1.165, 1.54) is 12.0 Å². The van der Waals surface area contributed by atoms with Crippen LogP contribution in [0.2, 0.25) is 0 Å². The Kier molecular flexibility index (Phi) is 6.08. The number of ether oxygens (including phenoxy) is 1. The standard InChI is InChI=1S/C24H30N2O2/c1-17-22(19-8-3-2-4-9-19)14-23(17)25-15-18-7-5-10-20(13-18)24(27)26-16-21-11-6-12-28-21/h2-5,7-10,13,17,21-23,25H,6,11-12,14-16H2,1H3,(H,26,27)/t17-,21+,22+,23+/m0/s1. The van der Waals surface area contributed by atoms with Gasteiger partial charge < -0.3 is 15.4 Å². The van der Waals surface area contributed by atoms with Gasteiger partial charge in [-0.3, -0.25) is 4.79 Å². The Balaban J connectivity index is 1.26. The molecule has 28 heavy (non-hydrogen) atoms. The molecule has 2 N–H and O–H groups in total. The smallest absolute Gasteiger partial charge is 0.251 e. The number of hydrogen-bond acceptors (Lipinski definition) is 3. The Labute approximate surface area is 167 Å². The molecule has 1 heterocycles. The first-order valence-electron chi connectivity index (χ1n) is 10.5. The van der Waals surface area contributed by atoms with Gasteiger partial charge in [-0.05, 0) is 54.4 Å². The topological polar surface area (TPSA) is 50.4 Å². The van der Waals surface area contributed by atoms with E-state index in [2.05, 4.69) is 54.0 Å². The average Bonchev–Trinajstić information content (AvgIpc) is 3.25. The van der Waals surface area contributed by atoms with E-state index < -0.39 is 0 Å². The predicted molar refractivity (Wildman–Crippen MR) is 111 cm³/mol. The Morgan fingerprint density at radius 1 is 1.14 bits per heavy atom. The van der Waals surface area contributed by atoms with Crippen LogP contribution in [0.4, 0.5) is 0 Å². The molecule has 4 rings (SSSR count). The summed E-state index contributed by atoms with van der Waals surface area (Å²) in [5, 5.41) is 6.68. The molecule has 0 aromatic heterocycles. The van der Waals surface area contributed by atoms with Crippen LogP contribution < -0.4 is 10.6 Å². The summed E-state index contributed by atoms with van der Waals surface area (Å²) in [4.78, 5) is 12.4. The van der Waals surface area contributed by atoms with Crippen molar-refractivity contribution in [3.05, 3.63) is 71.3 Å². The number of carbonyl (C=O) groups excluding carboxylic acids is 1. The summed E-state index contributed by atoms with van der Waals surface area (Å²) in [6, 6.07) is 19.2. The molecule has 0 spiro atoms. The molecule has 1 aliphatic carbocycles. The lowest BCUT2D eigenvalue weighted by Crippen LogP contribution is -2.47. The third-order valence-corrected chi connectivity index (χ3v) is 6.28. The summed E-state index contributed by atoms with van der Waals surface area (Å²) in [7, 11) is 0. The molecule has 0 bridgehead atoms. The molecule has 2 aromatic rings. The van der Waals surface area contributed by atoms with Crippen molar-refractivity contribution in [2.45, 2.75) is 50.8 Å². The molecule has 0 radical (unpaired) electrons. The van der Waals surface area contributed by atoms with Crippen molar-refractivity contribution < 1.29 is 9.53 Å². The highest BCUT2D eigenvalue weighted by Crippen LogP contribution is 2.42. The van der Waals surface area contributed by atoms with Crippen LogP contribution in [-0.4, -0.2) is 31.2 Å². The number of carbonyl (C=O) groups is 1. The van der Waals surface area contributed by atoms with Crippen LogP contribution in [0, 0.1) is 5.92 Å². The molecule has 4 nitrogen and oxygen atoms in total. The van der Waals surface area contributed by atoms with E-state index in [4.69, 9.17) is 4.74 Å². The number of rotatable bonds is 7. The molecule has 1 amide bonds. The second-order valence-corrected chi connectivity index (χ2v) is 8.14. The highest BCUT2D eigenvalue weighted by atomic mass is 16.5. The van der Waals surface area contributed by atoms with Gasteiger partial charge in [-0.25, -0.2) is 0 Å². The van der Waals surface area contributed by atoms with Crippen LogP contribution in [-0.2, 0) is 11.3 Å². The highest BCUT2D eigenvalue weighted by molar-refractivity contribution is 5.94. The third-order valence-electron chi connectivity index (χ3n) is 6.28. The van der Waals surface area contributed by atoms with Gasteiger partial charge in [-0.15, -0.1) is 0 Å². The van der Waals surface area contributed by atoms with Crippen molar-refractivity contribution in [3.63, 3.8) is 0 Å². The van der Waals surface area contributed by atoms with Crippen molar-refractivity contribution in [3.8, 4) is 0 Å². The van der Waals surface area contributed by atoms with Crippen molar-refractivity contribution in [2.24, 2.45) is 5.92 Å². The maximum Gasteiger partial charge on any atom is 0.251 e. The predicted octanol–water partition coefficient (Wildman–Crippen LogP) is 3.88. The zero-order valence-corrected chi connectivity index (χ0v) is 16.6. The van der Waals surface area contributed by atoms with Gasteiger partial charge in [0, 0.05) is 31.3 Å². The molecule has 148 valence electrons. The van der Waals surface area contributed by atoms with E-state index in [-0.39, 0.29) is 12.0 Å². The van der Waals surface area contributed by atoms with E-state index in [9.17, 15) is 4.79 Å². The quantitative estimate of drug-likeness (QED) is 0.769. The summed E-state index contributed by atoms with van der Waals surface area (Å²) in [5.41, 5.74) is 3.32. The Bertz CT molecular complexity index is 786. The maximum absolute atomic E-state index is 12.4. The van der Waals surface area contributed by atoms with E-state index in [0.717, 1.165) is 37.1 Å². The molecule has 0 unspecified atom stereocenters. The van der Waals surface area contributed by atoms with Gasteiger partial charge in [0.05, 0.1) is 6.10 Å².